The predicted octanol–water partition coefficient (Wildman–Crippen LogP) is 6.32. The fraction of sp³-hybridized carbons (Fsp3) is 0.533. The van der Waals surface area contributed by atoms with Crippen molar-refractivity contribution in [2.24, 2.45) is 11.3 Å². The number of piperidine rings is 1. The van der Waals surface area contributed by atoms with E-state index >= 15 is 0 Å². The minimum Gasteiger partial charge on any atom is -0.481 e. The second-order valence-corrected chi connectivity index (χ2v) is 12.7. The fourth-order valence-corrected chi connectivity index (χ4v) is 6.54. The maximum Gasteiger partial charge on any atom is 0.304 e. The Kier molecular flexibility index (Phi) is 8.78. The summed E-state index contributed by atoms with van der Waals surface area (Å²) >= 11 is 12.6. The number of morpholine rings is 1. The lowest BCUT2D eigenvalue weighted by Crippen LogP contribution is -2.56. The summed E-state index contributed by atoms with van der Waals surface area (Å²) in [6.45, 7) is 10.4. The van der Waals surface area contributed by atoms with E-state index in [0.717, 1.165) is 25.1 Å². The van der Waals surface area contributed by atoms with E-state index in [-0.39, 0.29) is 41.8 Å². The third kappa shape index (κ3) is 6.71. The summed E-state index contributed by atoms with van der Waals surface area (Å²) in [6, 6.07) is 15.7. The Hall–Kier alpha value is -2.12. The van der Waals surface area contributed by atoms with Crippen LogP contribution in [0.4, 0.5) is 0 Å². The first kappa shape index (κ1) is 28.9. The number of rotatable bonds is 8. The SMILES string of the molecule is CC(C[C@@H](c1ccc(Cl)cc1)N1CCOC(C)(C)C1)[C@@H]1NC(=O)[C@](C)(CC(=O)O)C[C@@H]1c1cccc(Cl)c1. The van der Waals surface area contributed by atoms with Crippen molar-refractivity contribution in [3.63, 3.8) is 0 Å². The first-order valence-corrected chi connectivity index (χ1v) is 14.0. The zero-order chi connectivity index (χ0) is 27.7. The van der Waals surface area contributed by atoms with E-state index in [1.807, 2.05) is 36.4 Å². The molecule has 2 aromatic rings. The molecule has 2 saturated heterocycles. The lowest BCUT2D eigenvalue weighted by Gasteiger charge is -2.47. The van der Waals surface area contributed by atoms with E-state index in [2.05, 4.69) is 43.1 Å². The first-order chi connectivity index (χ1) is 17.9. The Morgan fingerprint density at radius 1 is 1.16 bits per heavy atom. The van der Waals surface area contributed by atoms with Crippen LogP contribution in [0, 0.1) is 11.3 Å². The average molecular weight is 562 g/mol. The smallest absolute Gasteiger partial charge is 0.304 e. The van der Waals surface area contributed by atoms with Crippen LogP contribution in [-0.2, 0) is 14.3 Å². The van der Waals surface area contributed by atoms with E-state index in [1.54, 1.807) is 6.92 Å². The summed E-state index contributed by atoms with van der Waals surface area (Å²) < 4.78 is 6.00. The normalized spacial score (nSPS) is 27.4. The number of halogens is 2. The van der Waals surface area contributed by atoms with Gasteiger partial charge in [-0.1, -0.05) is 61.3 Å². The number of hydrogen-bond donors (Lipinski definition) is 2. The minimum atomic E-state index is -1.00. The number of ether oxygens (including phenoxy) is 1. The van der Waals surface area contributed by atoms with Gasteiger partial charge in [0.15, 0.2) is 0 Å². The Balaban J connectivity index is 1.66. The number of aliphatic carboxylic acids is 1. The summed E-state index contributed by atoms with van der Waals surface area (Å²) in [5.74, 6) is -1.16. The molecule has 0 spiro atoms. The van der Waals surface area contributed by atoms with Crippen molar-refractivity contribution in [3.05, 3.63) is 69.7 Å². The van der Waals surface area contributed by atoms with Crippen molar-refractivity contribution in [3.8, 4) is 0 Å². The van der Waals surface area contributed by atoms with E-state index < -0.39 is 11.4 Å². The molecule has 1 amide bonds. The summed E-state index contributed by atoms with van der Waals surface area (Å²) in [5, 5.41) is 14.1. The van der Waals surface area contributed by atoms with Crippen molar-refractivity contribution in [1.29, 1.82) is 0 Å². The molecule has 206 valence electrons. The van der Waals surface area contributed by atoms with Crippen molar-refractivity contribution < 1.29 is 19.4 Å². The number of carboxylic acid groups (broad SMARTS) is 1. The second-order valence-electron chi connectivity index (χ2n) is 11.9. The standard InChI is InChI=1S/C30H38Cl2N2O4/c1-19(14-25(20-8-10-22(31)11-9-20)34-12-13-38-29(2,3)18-34)27-24(21-6-5-7-23(32)15-21)16-30(4,17-26(35)36)28(37)33-27/h5-11,15,19,24-25,27H,12-14,16-18H2,1-4H3,(H,33,37)(H,35,36)/t19?,24-,25+,27+,30+/m1/s1. The molecule has 1 unspecified atom stereocenters. The molecule has 2 N–H and O–H groups in total. The Labute approximate surface area is 235 Å². The minimum absolute atomic E-state index is 0.0715. The number of carboxylic acids is 1. The Bertz CT molecular complexity index is 1160. The van der Waals surface area contributed by atoms with Crippen LogP contribution in [0.3, 0.4) is 0 Å². The van der Waals surface area contributed by atoms with Gasteiger partial charge >= 0.3 is 5.97 Å². The van der Waals surface area contributed by atoms with Crippen LogP contribution >= 0.6 is 23.2 Å². The molecule has 38 heavy (non-hydrogen) atoms. The molecular weight excluding hydrogens is 523 g/mol. The van der Waals surface area contributed by atoms with Gasteiger partial charge < -0.3 is 15.2 Å². The maximum absolute atomic E-state index is 13.3. The molecule has 0 aliphatic carbocycles. The largest absolute Gasteiger partial charge is 0.481 e. The van der Waals surface area contributed by atoms with Crippen LogP contribution in [0.2, 0.25) is 10.0 Å². The molecule has 2 heterocycles. The van der Waals surface area contributed by atoms with Crippen LogP contribution in [0.5, 0.6) is 0 Å². The fourth-order valence-electron chi connectivity index (χ4n) is 6.22. The van der Waals surface area contributed by atoms with Gasteiger partial charge in [-0.3, -0.25) is 14.5 Å². The van der Waals surface area contributed by atoms with Crippen molar-refractivity contribution in [2.45, 2.75) is 70.6 Å². The van der Waals surface area contributed by atoms with Gasteiger partial charge in [0.2, 0.25) is 5.91 Å². The van der Waals surface area contributed by atoms with E-state index in [9.17, 15) is 14.7 Å². The average Bonchev–Trinajstić information content (AvgIpc) is 2.83. The third-order valence-corrected chi connectivity index (χ3v) is 8.61. The van der Waals surface area contributed by atoms with Gasteiger partial charge in [0.05, 0.1) is 24.0 Å². The van der Waals surface area contributed by atoms with E-state index in [1.165, 1.54) is 5.56 Å². The quantitative estimate of drug-likeness (QED) is 0.394. The monoisotopic (exact) mass is 560 g/mol. The van der Waals surface area contributed by atoms with E-state index in [4.69, 9.17) is 27.9 Å². The number of amides is 1. The van der Waals surface area contributed by atoms with Crippen molar-refractivity contribution in [2.75, 3.05) is 19.7 Å². The highest BCUT2D eigenvalue weighted by Gasteiger charge is 2.47. The molecule has 2 aliphatic heterocycles. The van der Waals surface area contributed by atoms with Gasteiger partial charge in [-0.25, -0.2) is 0 Å². The lowest BCUT2D eigenvalue weighted by molar-refractivity contribution is -0.147. The van der Waals surface area contributed by atoms with Crippen LogP contribution < -0.4 is 5.32 Å². The summed E-state index contributed by atoms with van der Waals surface area (Å²) in [4.78, 5) is 27.5. The van der Waals surface area contributed by atoms with Crippen LogP contribution in [0.25, 0.3) is 0 Å². The highest BCUT2D eigenvalue weighted by molar-refractivity contribution is 6.30. The topological polar surface area (TPSA) is 78.9 Å². The molecule has 0 radical (unpaired) electrons. The molecule has 2 aromatic carbocycles. The van der Waals surface area contributed by atoms with Crippen molar-refractivity contribution in [1.82, 2.24) is 10.2 Å². The summed E-state index contributed by atoms with van der Waals surface area (Å²) in [5.41, 5.74) is 0.934. The first-order valence-electron chi connectivity index (χ1n) is 13.3. The molecule has 8 heteroatoms. The molecule has 0 saturated carbocycles. The number of carbonyl (C=O) groups excluding carboxylic acids is 1. The molecule has 4 rings (SSSR count). The highest BCUT2D eigenvalue weighted by Crippen LogP contribution is 2.45. The van der Waals surface area contributed by atoms with Crippen LogP contribution in [0.1, 0.15) is 70.0 Å². The summed E-state index contributed by atoms with van der Waals surface area (Å²) in [6.07, 6.45) is 1.03. The maximum atomic E-state index is 13.3. The predicted molar refractivity (Wildman–Crippen MR) is 151 cm³/mol. The van der Waals surface area contributed by atoms with Gasteiger partial charge in [0, 0.05) is 41.1 Å². The Morgan fingerprint density at radius 2 is 1.87 bits per heavy atom. The third-order valence-electron chi connectivity index (χ3n) is 8.13. The lowest BCUT2D eigenvalue weighted by atomic mass is 9.67. The molecule has 2 aliphatic rings. The second kappa shape index (κ2) is 11.5. The number of benzene rings is 2. The van der Waals surface area contributed by atoms with Crippen molar-refractivity contribution >= 4 is 35.1 Å². The number of hydrogen-bond acceptors (Lipinski definition) is 4. The molecular formula is C30H38Cl2N2O4. The molecule has 0 aromatic heterocycles. The van der Waals surface area contributed by atoms with E-state index in [0.29, 0.717) is 23.1 Å². The summed E-state index contributed by atoms with van der Waals surface area (Å²) in [7, 11) is 0. The molecule has 6 nitrogen and oxygen atoms in total. The van der Waals surface area contributed by atoms with Gasteiger partial charge in [-0.2, -0.15) is 0 Å². The van der Waals surface area contributed by atoms with Gasteiger partial charge in [0.25, 0.3) is 0 Å². The number of nitrogens with one attached hydrogen (secondary N) is 1. The number of nitrogens with zero attached hydrogens (tertiary/aromatic N) is 1. The molecule has 5 atom stereocenters. The zero-order valence-electron chi connectivity index (χ0n) is 22.5. The van der Waals surface area contributed by atoms with Crippen LogP contribution in [-0.4, -0.2) is 53.2 Å². The van der Waals surface area contributed by atoms with Gasteiger partial charge in [-0.15, -0.1) is 0 Å². The van der Waals surface area contributed by atoms with Gasteiger partial charge in [-0.05, 0) is 68.0 Å². The Morgan fingerprint density at radius 3 is 2.50 bits per heavy atom. The molecule has 0 bridgehead atoms. The molecule has 2 fully saturated rings. The number of carbonyl (C=O) groups is 2. The van der Waals surface area contributed by atoms with Crippen LogP contribution in [0.15, 0.2) is 48.5 Å². The zero-order valence-corrected chi connectivity index (χ0v) is 24.1. The van der Waals surface area contributed by atoms with Gasteiger partial charge in [0.1, 0.15) is 0 Å². The highest BCUT2D eigenvalue weighted by atomic mass is 35.5.